The van der Waals surface area contributed by atoms with Gasteiger partial charge in [0.25, 0.3) is 11.5 Å². The number of aromatic amines is 1. The summed E-state index contributed by atoms with van der Waals surface area (Å²) in [6.45, 7) is 1.48. The number of carbonyl (C=O) groups is 2. The van der Waals surface area contributed by atoms with Crippen molar-refractivity contribution in [1.82, 2.24) is 15.1 Å². The molecule has 0 aliphatic rings. The average molecular weight is 401 g/mol. The van der Waals surface area contributed by atoms with Gasteiger partial charge in [-0.2, -0.15) is 0 Å². The molecule has 1 aromatic heterocycles. The summed E-state index contributed by atoms with van der Waals surface area (Å²) >= 11 is 0. The number of carbonyl (C=O) groups excluding carboxylic acids is 1. The predicted octanol–water partition coefficient (Wildman–Crippen LogP) is 2.70. The van der Waals surface area contributed by atoms with Crippen LogP contribution in [0.15, 0.2) is 53.3 Å². The lowest BCUT2D eigenvalue weighted by atomic mass is 9.98. The monoisotopic (exact) mass is 401 g/mol. The Morgan fingerprint density at radius 2 is 1.86 bits per heavy atom. The van der Waals surface area contributed by atoms with E-state index in [4.69, 9.17) is 0 Å². The van der Waals surface area contributed by atoms with Gasteiger partial charge in [0.2, 0.25) is 0 Å². The highest BCUT2D eigenvalue weighted by molar-refractivity contribution is 5.92. The van der Waals surface area contributed by atoms with Crippen LogP contribution in [-0.4, -0.2) is 26.8 Å². The Hall–Kier alpha value is -3.75. The van der Waals surface area contributed by atoms with E-state index in [0.29, 0.717) is 11.3 Å². The third-order valence-electron chi connectivity index (χ3n) is 4.42. The molecule has 1 amide bonds. The third kappa shape index (κ3) is 4.40. The molecule has 29 heavy (non-hydrogen) atoms. The summed E-state index contributed by atoms with van der Waals surface area (Å²) in [5.74, 6) is -2.93. The summed E-state index contributed by atoms with van der Waals surface area (Å²) in [6, 6.07) is 9.26. The molecule has 0 saturated heterocycles. The van der Waals surface area contributed by atoms with Crippen molar-refractivity contribution in [3.8, 4) is 5.69 Å². The van der Waals surface area contributed by atoms with Gasteiger partial charge >= 0.3 is 5.97 Å². The second-order valence-electron chi connectivity index (χ2n) is 6.40. The van der Waals surface area contributed by atoms with Crippen molar-refractivity contribution in [2.75, 3.05) is 0 Å². The number of benzene rings is 2. The Morgan fingerprint density at radius 3 is 2.52 bits per heavy atom. The van der Waals surface area contributed by atoms with Gasteiger partial charge in [0.15, 0.2) is 0 Å². The van der Waals surface area contributed by atoms with E-state index in [1.54, 1.807) is 0 Å². The van der Waals surface area contributed by atoms with Crippen molar-refractivity contribution in [3.05, 3.63) is 87.3 Å². The number of amides is 1. The number of halogens is 2. The fourth-order valence-electron chi connectivity index (χ4n) is 2.95. The van der Waals surface area contributed by atoms with Crippen LogP contribution in [0.3, 0.4) is 0 Å². The van der Waals surface area contributed by atoms with Crippen LogP contribution in [0.25, 0.3) is 5.69 Å². The molecule has 0 aliphatic heterocycles. The lowest BCUT2D eigenvalue weighted by Crippen LogP contribution is -2.31. The Labute approximate surface area is 163 Å². The summed E-state index contributed by atoms with van der Waals surface area (Å²) in [5, 5.41) is 14.3. The lowest BCUT2D eigenvalue weighted by Gasteiger charge is -2.19. The molecule has 1 atom stereocenters. The van der Waals surface area contributed by atoms with Gasteiger partial charge in [0.1, 0.15) is 17.3 Å². The van der Waals surface area contributed by atoms with E-state index in [2.05, 4.69) is 10.4 Å². The van der Waals surface area contributed by atoms with Crippen LogP contribution in [0, 0.1) is 18.6 Å². The van der Waals surface area contributed by atoms with E-state index in [1.165, 1.54) is 37.3 Å². The fraction of sp³-hybridized carbons (Fsp3) is 0.150. The van der Waals surface area contributed by atoms with Gasteiger partial charge in [0.05, 0.1) is 18.2 Å². The number of nitrogens with one attached hydrogen (secondary N) is 2. The molecular formula is C20H17F2N3O4. The quantitative estimate of drug-likeness (QED) is 0.591. The molecule has 0 aliphatic carbocycles. The standard InChI is InChI=1S/C20H17F2N3O4/c1-11-14(3-2-4-15(11)22)16(10-19(27)28)23-20(29)17-9-18(26)25(24-17)13-7-5-12(21)6-8-13/h2-9,16,24H,10H2,1H3,(H,23,29)(H,27,28). The second kappa shape index (κ2) is 8.09. The maximum Gasteiger partial charge on any atom is 0.305 e. The molecule has 7 nitrogen and oxygen atoms in total. The molecule has 0 fully saturated rings. The topological polar surface area (TPSA) is 104 Å². The number of nitrogens with zero attached hydrogens (tertiary/aromatic N) is 1. The minimum absolute atomic E-state index is 0.122. The number of H-pyrrole nitrogens is 1. The normalized spacial score (nSPS) is 11.8. The fourth-order valence-corrected chi connectivity index (χ4v) is 2.95. The van der Waals surface area contributed by atoms with Gasteiger partial charge < -0.3 is 10.4 Å². The molecule has 3 aromatic rings. The maximum atomic E-state index is 13.9. The number of hydrogen-bond acceptors (Lipinski definition) is 3. The zero-order valence-corrected chi connectivity index (χ0v) is 15.3. The van der Waals surface area contributed by atoms with Crippen molar-refractivity contribution in [2.45, 2.75) is 19.4 Å². The van der Waals surface area contributed by atoms with Crippen LogP contribution in [-0.2, 0) is 4.79 Å². The van der Waals surface area contributed by atoms with Crippen molar-refractivity contribution in [1.29, 1.82) is 0 Å². The SMILES string of the molecule is Cc1c(F)cccc1C(CC(=O)O)NC(=O)c1cc(=O)n(-c2ccc(F)cc2)[nH]1. The summed E-state index contributed by atoms with van der Waals surface area (Å²) < 4.78 is 28.0. The molecule has 3 N–H and O–H groups in total. The molecule has 150 valence electrons. The second-order valence-corrected chi connectivity index (χ2v) is 6.40. The van der Waals surface area contributed by atoms with Crippen molar-refractivity contribution in [3.63, 3.8) is 0 Å². The summed E-state index contributed by atoms with van der Waals surface area (Å²) in [5.41, 5.74) is 0.179. The first kappa shape index (κ1) is 20.0. The first-order chi connectivity index (χ1) is 13.8. The minimum Gasteiger partial charge on any atom is -0.481 e. The summed E-state index contributed by atoms with van der Waals surface area (Å²) in [4.78, 5) is 36.0. The first-order valence-corrected chi connectivity index (χ1v) is 8.62. The Kier molecular flexibility index (Phi) is 5.58. The predicted molar refractivity (Wildman–Crippen MR) is 99.9 cm³/mol. The molecule has 9 heteroatoms. The van der Waals surface area contributed by atoms with E-state index in [0.717, 1.165) is 22.9 Å². The summed E-state index contributed by atoms with van der Waals surface area (Å²) in [6.07, 6.45) is -0.473. The van der Waals surface area contributed by atoms with Crippen LogP contribution in [0.1, 0.15) is 34.1 Å². The lowest BCUT2D eigenvalue weighted by molar-refractivity contribution is -0.137. The van der Waals surface area contributed by atoms with Crippen molar-refractivity contribution >= 4 is 11.9 Å². The van der Waals surface area contributed by atoms with Crippen LogP contribution >= 0.6 is 0 Å². The molecule has 3 rings (SSSR count). The minimum atomic E-state index is -1.18. The number of aliphatic carboxylic acids is 1. The maximum absolute atomic E-state index is 13.9. The average Bonchev–Trinajstić information content (AvgIpc) is 3.05. The molecule has 0 radical (unpaired) electrons. The van der Waals surface area contributed by atoms with Crippen LogP contribution < -0.4 is 10.9 Å². The highest BCUT2D eigenvalue weighted by Gasteiger charge is 2.23. The molecule has 1 heterocycles. The molecule has 0 bridgehead atoms. The highest BCUT2D eigenvalue weighted by Crippen LogP contribution is 2.23. The number of hydrogen-bond donors (Lipinski definition) is 3. The Balaban J connectivity index is 1.89. The van der Waals surface area contributed by atoms with Crippen LogP contribution in [0.4, 0.5) is 8.78 Å². The van der Waals surface area contributed by atoms with Gasteiger partial charge in [-0.15, -0.1) is 0 Å². The molecule has 0 spiro atoms. The first-order valence-electron chi connectivity index (χ1n) is 8.62. The number of carboxylic acid groups (broad SMARTS) is 1. The largest absolute Gasteiger partial charge is 0.481 e. The zero-order valence-electron chi connectivity index (χ0n) is 15.3. The van der Waals surface area contributed by atoms with Crippen molar-refractivity contribution in [2.24, 2.45) is 0 Å². The molecular weight excluding hydrogens is 384 g/mol. The van der Waals surface area contributed by atoms with E-state index in [9.17, 15) is 28.3 Å². The van der Waals surface area contributed by atoms with E-state index in [1.807, 2.05) is 0 Å². The van der Waals surface area contributed by atoms with E-state index >= 15 is 0 Å². The number of aromatic nitrogens is 2. The Morgan fingerprint density at radius 1 is 1.17 bits per heavy atom. The van der Waals surface area contributed by atoms with Crippen LogP contribution in [0.5, 0.6) is 0 Å². The van der Waals surface area contributed by atoms with Crippen LogP contribution in [0.2, 0.25) is 0 Å². The third-order valence-corrected chi connectivity index (χ3v) is 4.42. The van der Waals surface area contributed by atoms with Gasteiger partial charge in [-0.1, -0.05) is 12.1 Å². The molecule has 2 aromatic carbocycles. The summed E-state index contributed by atoms with van der Waals surface area (Å²) in [7, 11) is 0. The van der Waals surface area contributed by atoms with Crippen molar-refractivity contribution < 1.29 is 23.5 Å². The van der Waals surface area contributed by atoms with Gasteiger partial charge in [-0.25, -0.2) is 13.5 Å². The number of rotatable bonds is 6. The smallest absolute Gasteiger partial charge is 0.305 e. The Bertz CT molecular complexity index is 1120. The van der Waals surface area contributed by atoms with E-state index in [-0.39, 0.29) is 11.3 Å². The highest BCUT2D eigenvalue weighted by atomic mass is 19.1. The van der Waals surface area contributed by atoms with Gasteiger partial charge in [0, 0.05) is 6.07 Å². The van der Waals surface area contributed by atoms with E-state index < -0.39 is 41.5 Å². The molecule has 0 saturated carbocycles. The van der Waals surface area contributed by atoms with Gasteiger partial charge in [-0.05, 0) is 48.4 Å². The van der Waals surface area contributed by atoms with Gasteiger partial charge in [-0.3, -0.25) is 19.5 Å². The number of carboxylic acids is 1. The zero-order chi connectivity index (χ0) is 21.1. The molecule has 1 unspecified atom stereocenters.